The number of carbonyl (C=O) groups excluding carboxylic acids is 1. The molecule has 0 aliphatic heterocycles. The minimum atomic E-state index is -0.491. The minimum Gasteiger partial charge on any atom is -0.390 e. The lowest BCUT2D eigenvalue weighted by atomic mass is 9.46. The van der Waals surface area contributed by atoms with Gasteiger partial charge in [-0.2, -0.15) is 0 Å². The summed E-state index contributed by atoms with van der Waals surface area (Å²) in [7, 11) is 0. The van der Waals surface area contributed by atoms with E-state index in [-0.39, 0.29) is 16.7 Å². The number of hydrogen-bond acceptors (Lipinski definition) is 2. The van der Waals surface area contributed by atoms with Crippen molar-refractivity contribution in [3.63, 3.8) is 0 Å². The Hall–Kier alpha value is -0.630. The molecule has 0 aromatic heterocycles. The zero-order chi connectivity index (χ0) is 16.6. The van der Waals surface area contributed by atoms with Gasteiger partial charge in [0.2, 0.25) is 0 Å². The smallest absolute Gasteiger partial charge is 0.158 e. The molecule has 0 spiro atoms. The monoisotopic (exact) mass is 316 g/mol. The summed E-state index contributed by atoms with van der Waals surface area (Å²) in [6.07, 6.45) is 9.90. The largest absolute Gasteiger partial charge is 0.390 e. The molecule has 23 heavy (non-hydrogen) atoms. The van der Waals surface area contributed by atoms with Gasteiger partial charge in [-0.3, -0.25) is 4.79 Å². The molecule has 2 nitrogen and oxygen atoms in total. The van der Waals surface area contributed by atoms with E-state index in [0.717, 1.165) is 31.6 Å². The van der Waals surface area contributed by atoms with Gasteiger partial charge in [-0.05, 0) is 86.5 Å². The lowest BCUT2D eigenvalue weighted by molar-refractivity contribution is -0.128. The summed E-state index contributed by atoms with van der Waals surface area (Å²) in [5, 5.41) is 11.0. The minimum absolute atomic E-state index is 0.0991. The molecule has 0 aromatic rings. The van der Waals surface area contributed by atoms with Crippen molar-refractivity contribution in [2.45, 2.75) is 78.2 Å². The predicted octanol–water partition coefficient (Wildman–Crippen LogP) is 4.52. The highest BCUT2D eigenvalue weighted by molar-refractivity contribution is 5.93. The average Bonchev–Trinajstić information content (AvgIpc) is 2.71. The molecule has 2 heteroatoms. The Morgan fingerprint density at radius 2 is 1.78 bits per heavy atom. The summed E-state index contributed by atoms with van der Waals surface area (Å²) >= 11 is 0. The average molecular weight is 316 g/mol. The molecule has 0 unspecified atom stereocenters. The number of rotatable bonds is 0. The van der Waals surface area contributed by atoms with Gasteiger partial charge < -0.3 is 5.11 Å². The Bertz CT molecular complexity index is 574. The van der Waals surface area contributed by atoms with Crippen LogP contribution in [0, 0.1) is 34.5 Å². The third-order valence-electron chi connectivity index (χ3n) is 8.83. The van der Waals surface area contributed by atoms with E-state index in [2.05, 4.69) is 27.7 Å². The maximum absolute atomic E-state index is 12.2. The normalized spacial score (nSPS) is 55.7. The Labute approximate surface area is 140 Å². The van der Waals surface area contributed by atoms with E-state index >= 15 is 0 Å². The van der Waals surface area contributed by atoms with Crippen molar-refractivity contribution in [2.75, 3.05) is 0 Å². The van der Waals surface area contributed by atoms with Crippen LogP contribution in [0.4, 0.5) is 0 Å². The summed E-state index contributed by atoms with van der Waals surface area (Å²) in [5.41, 5.74) is 1.28. The van der Waals surface area contributed by atoms with Crippen LogP contribution in [0.5, 0.6) is 0 Å². The number of fused-ring (bicyclic) bond motifs is 5. The van der Waals surface area contributed by atoms with Crippen molar-refractivity contribution in [3.05, 3.63) is 11.6 Å². The first-order valence-corrected chi connectivity index (χ1v) is 9.66. The summed E-state index contributed by atoms with van der Waals surface area (Å²) in [6.45, 7) is 8.97. The molecule has 0 heterocycles. The Balaban J connectivity index is 1.70. The van der Waals surface area contributed by atoms with Gasteiger partial charge in [0.1, 0.15) is 0 Å². The van der Waals surface area contributed by atoms with Crippen molar-refractivity contribution < 1.29 is 9.90 Å². The second-order valence-electron chi connectivity index (χ2n) is 9.78. The maximum Gasteiger partial charge on any atom is 0.158 e. The fourth-order valence-electron chi connectivity index (χ4n) is 7.14. The molecular weight excluding hydrogens is 284 g/mol. The standard InChI is InChI=1S/C21H32O2/c1-13-12-19(2)14(11-18(13)22)5-6-15-16(19)7-9-20(3)17(15)8-10-21(20,4)23/h11,13,15-17,23H,5-10,12H2,1-4H3/t13-,15-,16-,17-,19+,20-,21+/m1/s1. The first-order valence-electron chi connectivity index (χ1n) is 9.66. The van der Waals surface area contributed by atoms with Crippen LogP contribution in [-0.2, 0) is 4.79 Å². The lowest BCUT2D eigenvalue weighted by Gasteiger charge is -2.59. The first kappa shape index (κ1) is 15.9. The van der Waals surface area contributed by atoms with Crippen LogP contribution in [0.15, 0.2) is 11.6 Å². The van der Waals surface area contributed by atoms with Gasteiger partial charge in [-0.25, -0.2) is 0 Å². The lowest BCUT2D eigenvalue weighted by Crippen LogP contribution is -2.54. The summed E-state index contributed by atoms with van der Waals surface area (Å²) < 4.78 is 0. The van der Waals surface area contributed by atoms with E-state index in [1.165, 1.54) is 24.8 Å². The molecule has 0 aromatic carbocycles. The molecule has 4 aliphatic carbocycles. The third-order valence-corrected chi connectivity index (χ3v) is 8.83. The quantitative estimate of drug-likeness (QED) is 0.713. The molecule has 0 radical (unpaired) electrons. The number of hydrogen-bond donors (Lipinski definition) is 1. The van der Waals surface area contributed by atoms with Gasteiger partial charge in [-0.1, -0.05) is 26.3 Å². The van der Waals surface area contributed by atoms with Gasteiger partial charge in [0.15, 0.2) is 5.78 Å². The number of ketones is 1. The van der Waals surface area contributed by atoms with E-state index in [4.69, 9.17) is 0 Å². The Morgan fingerprint density at radius 3 is 2.52 bits per heavy atom. The fraction of sp³-hybridized carbons (Fsp3) is 0.857. The van der Waals surface area contributed by atoms with E-state index in [9.17, 15) is 9.90 Å². The van der Waals surface area contributed by atoms with Gasteiger partial charge in [0.05, 0.1) is 5.60 Å². The van der Waals surface area contributed by atoms with Crippen LogP contribution in [0.25, 0.3) is 0 Å². The second kappa shape index (κ2) is 4.71. The van der Waals surface area contributed by atoms with Gasteiger partial charge in [0.25, 0.3) is 0 Å². The Kier molecular flexibility index (Phi) is 3.25. The van der Waals surface area contributed by atoms with Crippen LogP contribution in [-0.4, -0.2) is 16.5 Å². The molecule has 4 rings (SSSR count). The van der Waals surface area contributed by atoms with Crippen molar-refractivity contribution in [2.24, 2.45) is 34.5 Å². The topological polar surface area (TPSA) is 37.3 Å². The molecule has 4 aliphatic rings. The third kappa shape index (κ3) is 1.94. The van der Waals surface area contributed by atoms with E-state index in [0.29, 0.717) is 17.6 Å². The highest BCUT2D eigenvalue weighted by atomic mass is 16.3. The molecule has 128 valence electrons. The molecule has 1 N–H and O–H groups in total. The van der Waals surface area contributed by atoms with E-state index in [1.54, 1.807) is 0 Å². The number of aliphatic hydroxyl groups is 1. The molecule has 0 amide bonds. The zero-order valence-electron chi connectivity index (χ0n) is 15.2. The predicted molar refractivity (Wildman–Crippen MR) is 91.9 cm³/mol. The number of carbonyl (C=O) groups is 1. The zero-order valence-corrected chi connectivity index (χ0v) is 15.2. The molecule has 0 saturated heterocycles. The molecule has 3 fully saturated rings. The van der Waals surface area contributed by atoms with Crippen molar-refractivity contribution >= 4 is 5.78 Å². The number of allylic oxidation sites excluding steroid dienone is 1. The van der Waals surface area contributed by atoms with Crippen LogP contribution in [0.3, 0.4) is 0 Å². The summed E-state index contributed by atoms with van der Waals surface area (Å²) in [6, 6.07) is 0. The van der Waals surface area contributed by atoms with Gasteiger partial charge in [0, 0.05) is 5.92 Å². The molecule has 3 saturated carbocycles. The molecular formula is C21H32O2. The molecule has 7 atom stereocenters. The van der Waals surface area contributed by atoms with Crippen LogP contribution in [0.1, 0.15) is 72.6 Å². The van der Waals surface area contributed by atoms with E-state index < -0.39 is 5.60 Å². The van der Waals surface area contributed by atoms with E-state index in [1.807, 2.05) is 6.08 Å². The highest BCUT2D eigenvalue weighted by Gasteiger charge is 2.62. The van der Waals surface area contributed by atoms with Crippen molar-refractivity contribution in [1.82, 2.24) is 0 Å². The van der Waals surface area contributed by atoms with Crippen LogP contribution in [0.2, 0.25) is 0 Å². The van der Waals surface area contributed by atoms with Gasteiger partial charge in [-0.15, -0.1) is 0 Å². The van der Waals surface area contributed by atoms with Crippen molar-refractivity contribution in [3.8, 4) is 0 Å². The first-order chi connectivity index (χ1) is 10.7. The SMILES string of the molecule is C[C@@H]1C[C@@]2(C)C(=CC1=O)CC[C@@H]1[C@H]2CC[C@]2(C)[C@@H]1CC[C@]2(C)O. The Morgan fingerprint density at radius 1 is 1.09 bits per heavy atom. The summed E-state index contributed by atoms with van der Waals surface area (Å²) in [4.78, 5) is 12.2. The summed E-state index contributed by atoms with van der Waals surface area (Å²) in [5.74, 6) is 2.65. The maximum atomic E-state index is 12.2. The fourth-order valence-corrected chi connectivity index (χ4v) is 7.14. The van der Waals surface area contributed by atoms with Crippen molar-refractivity contribution in [1.29, 1.82) is 0 Å². The van der Waals surface area contributed by atoms with Gasteiger partial charge >= 0.3 is 0 Å². The van der Waals surface area contributed by atoms with Crippen LogP contribution < -0.4 is 0 Å². The second-order valence-corrected chi connectivity index (χ2v) is 9.78. The van der Waals surface area contributed by atoms with Crippen LogP contribution >= 0.6 is 0 Å². The highest BCUT2D eigenvalue weighted by Crippen LogP contribution is 2.67. The molecule has 0 bridgehead atoms.